The summed E-state index contributed by atoms with van der Waals surface area (Å²) in [6.07, 6.45) is 0. The number of amides is 2. The van der Waals surface area contributed by atoms with Crippen LogP contribution in [0.1, 0.15) is 11.1 Å². The topological polar surface area (TPSA) is 49.4 Å². The zero-order valence-electron chi connectivity index (χ0n) is 15.7. The summed E-state index contributed by atoms with van der Waals surface area (Å²) >= 11 is 18.6. The Morgan fingerprint density at radius 3 is 2.30 bits per heavy atom. The molecule has 0 aromatic heterocycles. The van der Waals surface area contributed by atoms with E-state index in [1.165, 1.54) is 0 Å². The van der Waals surface area contributed by atoms with Crippen LogP contribution in [-0.2, 0) is 9.59 Å². The second kappa shape index (κ2) is 8.15. The summed E-state index contributed by atoms with van der Waals surface area (Å²) in [7, 11) is 0. The molecule has 1 heterocycles. The summed E-state index contributed by atoms with van der Waals surface area (Å²) in [5, 5.41) is 4.02. The highest BCUT2D eigenvalue weighted by Crippen LogP contribution is 2.39. The SMILES string of the molecule is Cc1ccc(Cl)cc1NC1=C(c2ccccc2)C(=O)N(c2cccc(Cl)c2Cl)C1=O. The maximum Gasteiger partial charge on any atom is 0.282 e. The number of imide groups is 1. The highest BCUT2D eigenvalue weighted by molar-refractivity contribution is 6.50. The molecule has 0 spiro atoms. The lowest BCUT2D eigenvalue weighted by Crippen LogP contribution is -2.32. The Kier molecular flexibility index (Phi) is 5.56. The first-order valence-electron chi connectivity index (χ1n) is 9.04. The summed E-state index contributed by atoms with van der Waals surface area (Å²) in [4.78, 5) is 27.9. The van der Waals surface area contributed by atoms with Gasteiger partial charge < -0.3 is 5.32 Å². The number of hydrogen-bond acceptors (Lipinski definition) is 3. The van der Waals surface area contributed by atoms with Crippen LogP contribution in [0.15, 0.2) is 72.4 Å². The van der Waals surface area contributed by atoms with E-state index >= 15 is 0 Å². The summed E-state index contributed by atoms with van der Waals surface area (Å²) < 4.78 is 0. The molecule has 3 aromatic carbocycles. The number of benzene rings is 3. The fourth-order valence-electron chi connectivity index (χ4n) is 3.27. The fourth-order valence-corrected chi connectivity index (χ4v) is 3.82. The van der Waals surface area contributed by atoms with Crippen molar-refractivity contribution < 1.29 is 9.59 Å². The number of carbonyl (C=O) groups excluding carboxylic acids is 2. The minimum Gasteiger partial charge on any atom is -0.350 e. The van der Waals surface area contributed by atoms with Crippen molar-refractivity contribution in [2.24, 2.45) is 0 Å². The minimum absolute atomic E-state index is 0.133. The molecule has 0 radical (unpaired) electrons. The van der Waals surface area contributed by atoms with E-state index < -0.39 is 11.8 Å². The molecule has 1 aliphatic rings. The molecule has 0 aliphatic carbocycles. The van der Waals surface area contributed by atoms with Gasteiger partial charge in [-0.25, -0.2) is 4.90 Å². The van der Waals surface area contributed by atoms with E-state index in [1.807, 2.05) is 19.1 Å². The van der Waals surface area contributed by atoms with E-state index in [-0.39, 0.29) is 27.0 Å². The van der Waals surface area contributed by atoms with Gasteiger partial charge in [0, 0.05) is 10.7 Å². The van der Waals surface area contributed by atoms with Crippen LogP contribution in [0.2, 0.25) is 15.1 Å². The Morgan fingerprint density at radius 2 is 1.57 bits per heavy atom. The van der Waals surface area contributed by atoms with Gasteiger partial charge in [-0.3, -0.25) is 9.59 Å². The van der Waals surface area contributed by atoms with E-state index in [4.69, 9.17) is 34.8 Å². The van der Waals surface area contributed by atoms with Gasteiger partial charge in [0.1, 0.15) is 5.70 Å². The largest absolute Gasteiger partial charge is 0.350 e. The van der Waals surface area contributed by atoms with Crippen molar-refractivity contribution in [3.63, 3.8) is 0 Å². The quantitative estimate of drug-likeness (QED) is 0.464. The Hall–Kier alpha value is -2.79. The van der Waals surface area contributed by atoms with Crippen molar-refractivity contribution in [3.8, 4) is 0 Å². The second-order valence-electron chi connectivity index (χ2n) is 6.72. The van der Waals surface area contributed by atoms with Crippen molar-refractivity contribution in [1.29, 1.82) is 0 Å². The first kappa shape index (κ1) is 20.5. The molecular formula is C23H15Cl3N2O2. The molecule has 0 atom stereocenters. The molecule has 0 saturated heterocycles. The zero-order valence-corrected chi connectivity index (χ0v) is 18.0. The third-order valence-corrected chi connectivity index (χ3v) is 5.82. The van der Waals surface area contributed by atoms with Crippen LogP contribution in [0.4, 0.5) is 11.4 Å². The van der Waals surface area contributed by atoms with Crippen molar-refractivity contribution in [1.82, 2.24) is 0 Å². The molecule has 1 N–H and O–H groups in total. The summed E-state index contributed by atoms with van der Waals surface area (Å²) in [6, 6.07) is 19.1. The number of anilines is 2. The number of carbonyl (C=O) groups is 2. The summed E-state index contributed by atoms with van der Waals surface area (Å²) in [5.41, 5.74) is 2.74. The average molecular weight is 458 g/mol. The van der Waals surface area contributed by atoms with Crippen molar-refractivity contribution in [2.45, 2.75) is 6.92 Å². The van der Waals surface area contributed by atoms with Gasteiger partial charge in [0.2, 0.25) is 0 Å². The van der Waals surface area contributed by atoms with E-state index in [0.717, 1.165) is 10.5 Å². The number of rotatable bonds is 4. The first-order valence-corrected chi connectivity index (χ1v) is 10.2. The van der Waals surface area contributed by atoms with Gasteiger partial charge in [-0.15, -0.1) is 0 Å². The molecule has 1 aliphatic heterocycles. The smallest absolute Gasteiger partial charge is 0.282 e. The van der Waals surface area contributed by atoms with Crippen LogP contribution in [0, 0.1) is 6.92 Å². The van der Waals surface area contributed by atoms with E-state index in [2.05, 4.69) is 5.32 Å². The van der Waals surface area contributed by atoms with E-state index in [1.54, 1.807) is 54.6 Å². The maximum atomic E-state index is 13.4. The van der Waals surface area contributed by atoms with Gasteiger partial charge in [0.15, 0.2) is 0 Å². The predicted molar refractivity (Wildman–Crippen MR) is 122 cm³/mol. The Morgan fingerprint density at radius 1 is 0.833 bits per heavy atom. The normalized spacial score (nSPS) is 13.9. The van der Waals surface area contributed by atoms with Crippen LogP contribution in [-0.4, -0.2) is 11.8 Å². The molecular weight excluding hydrogens is 443 g/mol. The molecule has 2 amide bonds. The monoisotopic (exact) mass is 456 g/mol. The van der Waals surface area contributed by atoms with Crippen LogP contribution in [0.3, 0.4) is 0 Å². The van der Waals surface area contributed by atoms with E-state index in [0.29, 0.717) is 16.3 Å². The van der Waals surface area contributed by atoms with Gasteiger partial charge in [0.25, 0.3) is 11.8 Å². The van der Waals surface area contributed by atoms with Crippen molar-refractivity contribution in [2.75, 3.05) is 10.2 Å². The standard InChI is InChI=1S/C23H15Cl3N2O2/c1-13-10-11-15(24)12-17(13)27-21-19(14-6-3-2-4-7-14)22(29)28(23(21)30)18-9-5-8-16(25)20(18)26/h2-12,27H,1H3. The molecule has 4 rings (SSSR count). The number of nitrogens with one attached hydrogen (secondary N) is 1. The lowest BCUT2D eigenvalue weighted by atomic mass is 10.0. The lowest BCUT2D eigenvalue weighted by molar-refractivity contribution is -0.120. The number of aryl methyl sites for hydroxylation is 1. The van der Waals surface area contributed by atoms with Gasteiger partial charge in [0.05, 0.1) is 21.3 Å². The highest BCUT2D eigenvalue weighted by Gasteiger charge is 2.41. The molecule has 3 aromatic rings. The minimum atomic E-state index is -0.526. The van der Waals surface area contributed by atoms with Crippen LogP contribution in [0.5, 0.6) is 0 Å². The predicted octanol–water partition coefficient (Wildman–Crippen LogP) is 6.35. The van der Waals surface area contributed by atoms with Crippen LogP contribution in [0.25, 0.3) is 5.57 Å². The molecule has 0 bridgehead atoms. The van der Waals surface area contributed by atoms with Gasteiger partial charge in [-0.1, -0.05) is 77.3 Å². The maximum absolute atomic E-state index is 13.4. The van der Waals surface area contributed by atoms with E-state index in [9.17, 15) is 9.59 Å². The van der Waals surface area contributed by atoms with Crippen molar-refractivity contribution >= 4 is 63.6 Å². The highest BCUT2D eigenvalue weighted by atomic mass is 35.5. The molecule has 0 saturated carbocycles. The lowest BCUT2D eigenvalue weighted by Gasteiger charge is -2.17. The van der Waals surface area contributed by atoms with Gasteiger partial charge in [-0.2, -0.15) is 0 Å². The Bertz CT molecular complexity index is 1210. The summed E-state index contributed by atoms with van der Waals surface area (Å²) in [6.45, 7) is 1.88. The number of nitrogens with zero attached hydrogens (tertiary/aromatic N) is 1. The van der Waals surface area contributed by atoms with Crippen molar-refractivity contribution in [3.05, 3.63) is 98.6 Å². The molecule has 4 nitrogen and oxygen atoms in total. The molecule has 0 unspecified atom stereocenters. The van der Waals surface area contributed by atoms with Gasteiger partial charge in [-0.05, 0) is 42.3 Å². The summed E-state index contributed by atoms with van der Waals surface area (Å²) in [5.74, 6) is -1.01. The van der Waals surface area contributed by atoms with Gasteiger partial charge >= 0.3 is 0 Å². The number of halogens is 3. The molecule has 7 heteroatoms. The number of hydrogen-bond donors (Lipinski definition) is 1. The third-order valence-electron chi connectivity index (χ3n) is 4.78. The molecule has 0 fully saturated rings. The zero-order chi connectivity index (χ0) is 21.4. The Labute approximate surface area is 188 Å². The average Bonchev–Trinajstić information content (AvgIpc) is 2.97. The van der Waals surface area contributed by atoms with Crippen LogP contribution < -0.4 is 10.2 Å². The van der Waals surface area contributed by atoms with Crippen LogP contribution >= 0.6 is 34.8 Å². The third kappa shape index (κ3) is 3.58. The first-order chi connectivity index (χ1) is 14.4. The second-order valence-corrected chi connectivity index (χ2v) is 7.94. The fraction of sp³-hybridized carbons (Fsp3) is 0.0435. The Balaban J connectivity index is 1.87. The molecule has 30 heavy (non-hydrogen) atoms. The molecule has 150 valence electrons.